The first-order chi connectivity index (χ1) is 11.7. The van der Waals surface area contributed by atoms with Crippen molar-refractivity contribution in [3.05, 3.63) is 45.6 Å². The first-order valence-electron chi connectivity index (χ1n) is 8.32. The average molecular weight is 347 g/mol. The zero-order valence-electron chi connectivity index (χ0n) is 14.6. The molecule has 1 aromatic heterocycles. The Bertz CT molecular complexity index is 670. The van der Waals surface area contributed by atoms with E-state index in [0.717, 1.165) is 31.0 Å². The van der Waals surface area contributed by atoms with Gasteiger partial charge in [0.15, 0.2) is 11.5 Å². The van der Waals surface area contributed by atoms with Crippen LogP contribution in [0.15, 0.2) is 29.6 Å². The van der Waals surface area contributed by atoms with E-state index in [1.165, 1.54) is 16.0 Å². The van der Waals surface area contributed by atoms with Crippen LogP contribution in [0.2, 0.25) is 0 Å². The van der Waals surface area contributed by atoms with Gasteiger partial charge in [0, 0.05) is 31.1 Å². The summed E-state index contributed by atoms with van der Waals surface area (Å²) in [5.74, 6) is 1.55. The first kappa shape index (κ1) is 17.3. The quantitative estimate of drug-likeness (QED) is 0.711. The molecule has 0 spiro atoms. The highest BCUT2D eigenvalue weighted by Crippen LogP contribution is 2.35. The summed E-state index contributed by atoms with van der Waals surface area (Å²) in [6.45, 7) is 5.40. The highest BCUT2D eigenvalue weighted by molar-refractivity contribution is 7.10. The Morgan fingerprint density at radius 3 is 2.83 bits per heavy atom. The second-order valence-electron chi connectivity index (χ2n) is 6.02. The normalized spacial score (nSPS) is 17.5. The second kappa shape index (κ2) is 8.01. The molecule has 0 fully saturated rings. The van der Waals surface area contributed by atoms with Crippen LogP contribution in [0.1, 0.15) is 29.0 Å². The minimum absolute atomic E-state index is 0.458. The van der Waals surface area contributed by atoms with Gasteiger partial charge >= 0.3 is 0 Å². The summed E-state index contributed by atoms with van der Waals surface area (Å²) in [7, 11) is 3.34. The molecule has 3 rings (SSSR count). The summed E-state index contributed by atoms with van der Waals surface area (Å²) in [5.41, 5.74) is 2.73. The van der Waals surface area contributed by atoms with E-state index in [-0.39, 0.29) is 0 Å². The molecule has 0 amide bonds. The van der Waals surface area contributed by atoms with E-state index < -0.39 is 0 Å². The Morgan fingerprint density at radius 2 is 2.04 bits per heavy atom. The molecule has 0 saturated heterocycles. The zero-order chi connectivity index (χ0) is 16.9. The van der Waals surface area contributed by atoms with Crippen molar-refractivity contribution in [2.45, 2.75) is 25.9 Å². The van der Waals surface area contributed by atoms with Gasteiger partial charge in [-0.25, -0.2) is 0 Å². The molecule has 130 valence electrons. The summed E-state index contributed by atoms with van der Waals surface area (Å²) in [5, 5.41) is 2.21. The third-order valence-electron chi connectivity index (χ3n) is 4.56. The molecule has 1 aliphatic rings. The minimum Gasteiger partial charge on any atom is -0.493 e. The molecule has 0 radical (unpaired) electrons. The number of ether oxygens (including phenoxy) is 3. The fourth-order valence-electron chi connectivity index (χ4n) is 3.18. The van der Waals surface area contributed by atoms with E-state index >= 15 is 0 Å². The monoisotopic (exact) mass is 347 g/mol. The highest BCUT2D eigenvalue weighted by atomic mass is 32.1. The predicted molar refractivity (Wildman–Crippen MR) is 97.2 cm³/mol. The molecule has 0 N–H and O–H groups in total. The largest absolute Gasteiger partial charge is 0.493 e. The van der Waals surface area contributed by atoms with Crippen molar-refractivity contribution in [2.24, 2.45) is 0 Å². The molecule has 1 aliphatic heterocycles. The van der Waals surface area contributed by atoms with Gasteiger partial charge in [-0.1, -0.05) is 6.07 Å². The number of nitrogens with zero attached hydrogens (tertiary/aromatic N) is 1. The molecule has 1 aromatic carbocycles. The summed E-state index contributed by atoms with van der Waals surface area (Å²) in [6, 6.07) is 8.93. The Morgan fingerprint density at radius 1 is 1.17 bits per heavy atom. The van der Waals surface area contributed by atoms with Crippen molar-refractivity contribution in [1.29, 1.82) is 0 Å². The van der Waals surface area contributed by atoms with E-state index in [2.05, 4.69) is 35.4 Å². The molecule has 2 heterocycles. The van der Waals surface area contributed by atoms with E-state index in [1.54, 1.807) is 14.2 Å². The standard InChI is InChI=1S/C19H25NO3S/c1-14-16-7-11-24-19(16)6-8-20(14)13-15-4-5-17(22-3)18(12-15)23-10-9-21-2/h4-5,7,11-12,14H,6,8-10,13H2,1-3H3/t14-/m0/s1. The van der Waals surface area contributed by atoms with Crippen LogP contribution in [0, 0.1) is 0 Å². The zero-order valence-corrected chi connectivity index (χ0v) is 15.4. The Kier molecular flexibility index (Phi) is 5.76. The van der Waals surface area contributed by atoms with E-state index in [0.29, 0.717) is 19.3 Å². The molecule has 5 heteroatoms. The second-order valence-corrected chi connectivity index (χ2v) is 7.02. The third kappa shape index (κ3) is 3.74. The summed E-state index contributed by atoms with van der Waals surface area (Å²) >= 11 is 1.88. The molecule has 0 saturated carbocycles. The lowest BCUT2D eigenvalue weighted by atomic mass is 10.0. The molecule has 4 nitrogen and oxygen atoms in total. The summed E-state index contributed by atoms with van der Waals surface area (Å²) < 4.78 is 16.3. The van der Waals surface area contributed by atoms with Gasteiger partial charge in [-0.05, 0) is 48.1 Å². The molecule has 0 bridgehead atoms. The van der Waals surface area contributed by atoms with Crippen LogP contribution in [0.4, 0.5) is 0 Å². The van der Waals surface area contributed by atoms with Crippen molar-refractivity contribution in [2.75, 3.05) is 34.0 Å². The van der Waals surface area contributed by atoms with Gasteiger partial charge < -0.3 is 14.2 Å². The lowest BCUT2D eigenvalue weighted by molar-refractivity contribution is 0.144. The number of methoxy groups -OCH3 is 2. The van der Waals surface area contributed by atoms with Crippen LogP contribution >= 0.6 is 11.3 Å². The molecular weight excluding hydrogens is 322 g/mol. The van der Waals surface area contributed by atoms with Gasteiger partial charge in [0.1, 0.15) is 6.61 Å². The molecular formula is C19H25NO3S. The van der Waals surface area contributed by atoms with Crippen molar-refractivity contribution >= 4 is 11.3 Å². The van der Waals surface area contributed by atoms with Crippen LogP contribution in [0.25, 0.3) is 0 Å². The lowest BCUT2D eigenvalue weighted by Gasteiger charge is -2.33. The van der Waals surface area contributed by atoms with Crippen molar-refractivity contribution in [3.8, 4) is 11.5 Å². The molecule has 1 atom stereocenters. The van der Waals surface area contributed by atoms with E-state index in [4.69, 9.17) is 14.2 Å². The highest BCUT2D eigenvalue weighted by Gasteiger charge is 2.24. The first-order valence-corrected chi connectivity index (χ1v) is 9.20. The molecule has 2 aromatic rings. The maximum atomic E-state index is 5.80. The Hall–Kier alpha value is -1.56. The van der Waals surface area contributed by atoms with Crippen LogP contribution in [0.3, 0.4) is 0 Å². The number of rotatable bonds is 7. The number of thiophene rings is 1. The van der Waals surface area contributed by atoms with Gasteiger partial charge in [-0.2, -0.15) is 0 Å². The maximum absolute atomic E-state index is 5.80. The fraction of sp³-hybridized carbons (Fsp3) is 0.474. The topological polar surface area (TPSA) is 30.9 Å². The predicted octanol–water partition coefficient (Wildman–Crippen LogP) is 3.90. The van der Waals surface area contributed by atoms with Gasteiger partial charge in [0.25, 0.3) is 0 Å². The van der Waals surface area contributed by atoms with Gasteiger partial charge in [-0.3, -0.25) is 4.90 Å². The van der Waals surface area contributed by atoms with E-state index in [1.807, 2.05) is 17.4 Å². The van der Waals surface area contributed by atoms with Crippen molar-refractivity contribution in [3.63, 3.8) is 0 Å². The van der Waals surface area contributed by atoms with Crippen LogP contribution in [0.5, 0.6) is 11.5 Å². The van der Waals surface area contributed by atoms with E-state index in [9.17, 15) is 0 Å². The van der Waals surface area contributed by atoms with Gasteiger partial charge in [-0.15, -0.1) is 11.3 Å². The third-order valence-corrected chi connectivity index (χ3v) is 5.56. The number of hydrogen-bond donors (Lipinski definition) is 0. The maximum Gasteiger partial charge on any atom is 0.161 e. The summed E-state index contributed by atoms with van der Waals surface area (Å²) in [4.78, 5) is 4.06. The Labute approximate surface area is 148 Å². The lowest BCUT2D eigenvalue weighted by Crippen LogP contribution is -2.32. The van der Waals surface area contributed by atoms with Gasteiger partial charge in [0.2, 0.25) is 0 Å². The molecule has 0 aliphatic carbocycles. The smallest absolute Gasteiger partial charge is 0.161 e. The average Bonchev–Trinajstić information content (AvgIpc) is 3.07. The number of hydrogen-bond acceptors (Lipinski definition) is 5. The summed E-state index contributed by atoms with van der Waals surface area (Å²) in [6.07, 6.45) is 1.14. The number of fused-ring (bicyclic) bond motifs is 1. The van der Waals surface area contributed by atoms with Crippen molar-refractivity contribution < 1.29 is 14.2 Å². The SMILES string of the molecule is COCCOc1cc(CN2CCc3sccc3[C@@H]2C)ccc1OC. The number of benzene rings is 1. The minimum atomic E-state index is 0.458. The molecule has 0 unspecified atom stereocenters. The van der Waals surface area contributed by atoms with Crippen molar-refractivity contribution in [1.82, 2.24) is 4.90 Å². The van der Waals surface area contributed by atoms with Crippen LogP contribution in [-0.4, -0.2) is 38.9 Å². The van der Waals surface area contributed by atoms with Crippen LogP contribution < -0.4 is 9.47 Å². The van der Waals surface area contributed by atoms with Gasteiger partial charge in [0.05, 0.1) is 13.7 Å². The molecule has 24 heavy (non-hydrogen) atoms. The van der Waals surface area contributed by atoms with Crippen LogP contribution in [-0.2, 0) is 17.7 Å². The fourth-order valence-corrected chi connectivity index (χ4v) is 4.14. The Balaban J connectivity index is 1.72.